The van der Waals surface area contributed by atoms with Gasteiger partial charge in [0.15, 0.2) is 5.82 Å². The van der Waals surface area contributed by atoms with E-state index in [2.05, 4.69) is 44.7 Å². The van der Waals surface area contributed by atoms with Crippen LogP contribution in [0.15, 0.2) is 65.3 Å². The molecule has 1 unspecified atom stereocenters. The highest BCUT2D eigenvalue weighted by Gasteiger charge is 2.19. The van der Waals surface area contributed by atoms with Crippen LogP contribution in [0.2, 0.25) is 0 Å². The van der Waals surface area contributed by atoms with Gasteiger partial charge >= 0.3 is 0 Å². The molecule has 4 aromatic rings. The summed E-state index contributed by atoms with van der Waals surface area (Å²) in [6.07, 6.45) is 2.80. The maximum absolute atomic E-state index is 12.5. The summed E-state index contributed by atoms with van der Waals surface area (Å²) in [4.78, 5) is 20.2. The minimum absolute atomic E-state index is 0.0277. The van der Waals surface area contributed by atoms with Crippen LogP contribution in [0.5, 0.6) is 0 Å². The summed E-state index contributed by atoms with van der Waals surface area (Å²) in [6, 6.07) is 18.5. The summed E-state index contributed by atoms with van der Waals surface area (Å²) in [5.74, 6) is 1.42. The van der Waals surface area contributed by atoms with Gasteiger partial charge in [-0.2, -0.15) is 4.98 Å². The first-order valence-electron chi connectivity index (χ1n) is 10.3. The number of para-hydroxylation sites is 1. The summed E-state index contributed by atoms with van der Waals surface area (Å²) in [5.41, 5.74) is 3.44. The number of fused-ring (bicyclic) bond motifs is 1. The van der Waals surface area contributed by atoms with Gasteiger partial charge in [0.1, 0.15) is 0 Å². The van der Waals surface area contributed by atoms with Gasteiger partial charge in [-0.15, -0.1) is 0 Å². The zero-order chi connectivity index (χ0) is 20.9. The fourth-order valence-corrected chi connectivity index (χ4v) is 3.60. The standard InChI is InChI=1S/C24H26N4O2/c1-16(2)24-27-23(30-28-24)13-12-22(29)26-14-19(17-8-4-3-5-9-17)20-15-25-21-11-7-6-10-18(20)21/h3-11,15-16,19,25H,12-14H2,1-2H3,(H,26,29). The number of hydrogen-bond donors (Lipinski definition) is 2. The van der Waals surface area contributed by atoms with Gasteiger partial charge in [-0.25, -0.2) is 0 Å². The zero-order valence-corrected chi connectivity index (χ0v) is 17.3. The van der Waals surface area contributed by atoms with Crippen molar-refractivity contribution in [1.82, 2.24) is 20.4 Å². The topological polar surface area (TPSA) is 83.8 Å². The van der Waals surface area contributed by atoms with Crippen molar-refractivity contribution >= 4 is 16.8 Å². The SMILES string of the molecule is CC(C)c1noc(CCC(=O)NCC(c2ccccc2)c2c[nH]c3ccccc23)n1. The van der Waals surface area contributed by atoms with Crippen LogP contribution >= 0.6 is 0 Å². The number of benzene rings is 2. The summed E-state index contributed by atoms with van der Waals surface area (Å²) < 4.78 is 5.23. The molecule has 2 aromatic heterocycles. The van der Waals surface area contributed by atoms with Gasteiger partial charge < -0.3 is 14.8 Å². The maximum atomic E-state index is 12.5. The number of aromatic amines is 1. The molecule has 0 aliphatic rings. The van der Waals surface area contributed by atoms with Gasteiger partial charge in [-0.3, -0.25) is 4.79 Å². The normalized spacial score (nSPS) is 12.4. The molecule has 0 aliphatic carbocycles. The molecule has 0 radical (unpaired) electrons. The van der Waals surface area contributed by atoms with E-state index in [-0.39, 0.29) is 17.7 Å². The zero-order valence-electron chi connectivity index (χ0n) is 17.3. The molecule has 6 heteroatoms. The lowest BCUT2D eigenvalue weighted by molar-refractivity contribution is -0.121. The molecule has 154 valence electrons. The molecule has 2 N–H and O–H groups in total. The monoisotopic (exact) mass is 402 g/mol. The number of H-pyrrole nitrogens is 1. The Morgan fingerprint density at radius 1 is 1.10 bits per heavy atom. The number of nitrogens with one attached hydrogen (secondary N) is 2. The smallest absolute Gasteiger partial charge is 0.227 e. The van der Waals surface area contributed by atoms with Crippen LogP contribution in [0, 0.1) is 0 Å². The fraction of sp³-hybridized carbons (Fsp3) is 0.292. The van der Waals surface area contributed by atoms with Crippen LogP contribution in [0.4, 0.5) is 0 Å². The average molecular weight is 402 g/mol. The van der Waals surface area contributed by atoms with E-state index >= 15 is 0 Å². The first-order valence-corrected chi connectivity index (χ1v) is 10.3. The third kappa shape index (κ3) is 4.43. The Labute approximate surface area is 175 Å². The van der Waals surface area contributed by atoms with Crippen molar-refractivity contribution in [2.75, 3.05) is 6.54 Å². The second-order valence-electron chi connectivity index (χ2n) is 7.76. The lowest BCUT2D eigenvalue weighted by Gasteiger charge is -2.18. The second-order valence-corrected chi connectivity index (χ2v) is 7.76. The van der Waals surface area contributed by atoms with Gasteiger partial charge in [-0.05, 0) is 17.2 Å². The van der Waals surface area contributed by atoms with Gasteiger partial charge in [-0.1, -0.05) is 67.5 Å². The Kier molecular flexibility index (Phi) is 5.93. The third-order valence-corrected chi connectivity index (χ3v) is 5.27. The number of amides is 1. The van der Waals surface area contributed by atoms with Crippen molar-refractivity contribution in [3.8, 4) is 0 Å². The lowest BCUT2D eigenvalue weighted by Crippen LogP contribution is -2.29. The van der Waals surface area contributed by atoms with Crippen molar-refractivity contribution in [3.05, 3.63) is 83.6 Å². The number of nitrogens with zero attached hydrogens (tertiary/aromatic N) is 2. The number of carbonyl (C=O) groups is 1. The van der Waals surface area contributed by atoms with Crippen molar-refractivity contribution in [2.45, 2.75) is 38.5 Å². The molecule has 0 spiro atoms. The molecule has 0 fully saturated rings. The maximum Gasteiger partial charge on any atom is 0.227 e. The van der Waals surface area contributed by atoms with E-state index < -0.39 is 0 Å². The molecule has 1 amide bonds. The van der Waals surface area contributed by atoms with Crippen molar-refractivity contribution in [1.29, 1.82) is 0 Å². The number of aryl methyl sites for hydroxylation is 1. The van der Waals surface area contributed by atoms with Gasteiger partial charge in [0.2, 0.25) is 11.8 Å². The first kappa shape index (κ1) is 19.9. The highest BCUT2D eigenvalue weighted by atomic mass is 16.5. The van der Waals surface area contributed by atoms with E-state index in [1.807, 2.05) is 50.4 Å². The molecule has 1 atom stereocenters. The van der Waals surface area contributed by atoms with Crippen LogP contribution in [0.1, 0.15) is 54.9 Å². The molecular weight excluding hydrogens is 376 g/mol. The van der Waals surface area contributed by atoms with Crippen LogP contribution in [-0.4, -0.2) is 27.6 Å². The average Bonchev–Trinajstić information content (AvgIpc) is 3.41. The molecule has 4 rings (SSSR count). The summed E-state index contributed by atoms with van der Waals surface area (Å²) in [6.45, 7) is 4.54. The van der Waals surface area contributed by atoms with E-state index in [0.29, 0.717) is 31.1 Å². The Morgan fingerprint density at radius 3 is 2.63 bits per heavy atom. The van der Waals surface area contributed by atoms with Crippen molar-refractivity contribution in [2.24, 2.45) is 0 Å². The Bertz CT molecular complexity index is 1110. The highest BCUT2D eigenvalue weighted by molar-refractivity contribution is 5.84. The first-order chi connectivity index (χ1) is 14.6. The summed E-state index contributed by atoms with van der Waals surface area (Å²) >= 11 is 0. The molecule has 30 heavy (non-hydrogen) atoms. The summed E-state index contributed by atoms with van der Waals surface area (Å²) in [5, 5.41) is 8.21. The van der Waals surface area contributed by atoms with E-state index in [0.717, 1.165) is 5.52 Å². The number of hydrogen-bond acceptors (Lipinski definition) is 4. The molecule has 0 aliphatic heterocycles. The minimum Gasteiger partial charge on any atom is -0.361 e. The molecule has 6 nitrogen and oxygen atoms in total. The van der Waals surface area contributed by atoms with E-state index in [4.69, 9.17) is 4.52 Å². The quantitative estimate of drug-likeness (QED) is 0.453. The molecule has 2 aromatic carbocycles. The van der Waals surface area contributed by atoms with Gasteiger partial charge in [0, 0.05) is 48.3 Å². The summed E-state index contributed by atoms with van der Waals surface area (Å²) in [7, 11) is 0. The van der Waals surface area contributed by atoms with Crippen LogP contribution in [0.3, 0.4) is 0 Å². The van der Waals surface area contributed by atoms with Crippen LogP contribution in [-0.2, 0) is 11.2 Å². The third-order valence-electron chi connectivity index (χ3n) is 5.27. The molecule has 2 heterocycles. The lowest BCUT2D eigenvalue weighted by atomic mass is 9.91. The number of carbonyl (C=O) groups excluding carboxylic acids is 1. The van der Waals surface area contributed by atoms with Crippen molar-refractivity contribution < 1.29 is 9.32 Å². The Balaban J connectivity index is 1.45. The molecular formula is C24H26N4O2. The van der Waals surface area contributed by atoms with Gasteiger partial charge in [0.25, 0.3) is 0 Å². The predicted octanol–water partition coefficient (Wildman–Crippen LogP) is 4.56. The molecule has 0 bridgehead atoms. The highest BCUT2D eigenvalue weighted by Crippen LogP contribution is 2.30. The fourth-order valence-electron chi connectivity index (χ4n) is 3.60. The molecule has 0 saturated carbocycles. The predicted molar refractivity (Wildman–Crippen MR) is 116 cm³/mol. The minimum atomic E-state index is -0.0277. The van der Waals surface area contributed by atoms with E-state index in [9.17, 15) is 4.79 Å². The van der Waals surface area contributed by atoms with E-state index in [1.165, 1.54) is 16.5 Å². The van der Waals surface area contributed by atoms with Crippen molar-refractivity contribution in [3.63, 3.8) is 0 Å². The largest absolute Gasteiger partial charge is 0.361 e. The second kappa shape index (κ2) is 8.95. The van der Waals surface area contributed by atoms with Crippen LogP contribution in [0.25, 0.3) is 10.9 Å². The van der Waals surface area contributed by atoms with Crippen LogP contribution < -0.4 is 5.32 Å². The molecule has 0 saturated heterocycles. The van der Waals surface area contributed by atoms with Gasteiger partial charge in [0.05, 0.1) is 0 Å². The number of aromatic nitrogens is 3. The Morgan fingerprint density at radius 2 is 1.87 bits per heavy atom. The van der Waals surface area contributed by atoms with E-state index in [1.54, 1.807) is 0 Å². The number of rotatable bonds is 8. The Hall–Kier alpha value is -3.41.